The predicted octanol–water partition coefficient (Wildman–Crippen LogP) is 0.0505. The number of carbonyl (C=O) groups excluding carboxylic acids is 2. The SMILES string of the molecule is CC(CCN)C(=O)N1CCCC1C(=O)N(C)C. The molecule has 0 aromatic carbocycles. The number of hydrogen-bond donors (Lipinski definition) is 1. The molecule has 1 aliphatic heterocycles. The maximum atomic E-state index is 12.2. The van der Waals surface area contributed by atoms with Gasteiger partial charge < -0.3 is 15.5 Å². The van der Waals surface area contributed by atoms with Gasteiger partial charge in [-0.25, -0.2) is 0 Å². The summed E-state index contributed by atoms with van der Waals surface area (Å²) >= 11 is 0. The molecule has 5 nitrogen and oxygen atoms in total. The van der Waals surface area contributed by atoms with Crippen LogP contribution in [0, 0.1) is 5.92 Å². The molecule has 2 unspecified atom stereocenters. The highest BCUT2D eigenvalue weighted by molar-refractivity contribution is 5.88. The van der Waals surface area contributed by atoms with E-state index in [0.29, 0.717) is 19.5 Å². The Morgan fingerprint density at radius 3 is 2.65 bits per heavy atom. The molecule has 1 saturated heterocycles. The first-order valence-electron chi connectivity index (χ1n) is 6.20. The Kier molecular flexibility index (Phi) is 4.93. The Hall–Kier alpha value is -1.10. The molecule has 0 aromatic rings. The van der Waals surface area contributed by atoms with Gasteiger partial charge in [0, 0.05) is 26.6 Å². The van der Waals surface area contributed by atoms with E-state index < -0.39 is 0 Å². The Bertz CT molecular complexity index is 291. The third kappa shape index (κ3) is 3.19. The average Bonchev–Trinajstić information content (AvgIpc) is 2.75. The molecule has 0 radical (unpaired) electrons. The average molecular weight is 241 g/mol. The molecule has 0 spiro atoms. The molecule has 2 N–H and O–H groups in total. The fourth-order valence-corrected chi connectivity index (χ4v) is 2.24. The van der Waals surface area contributed by atoms with Gasteiger partial charge in [-0.2, -0.15) is 0 Å². The summed E-state index contributed by atoms with van der Waals surface area (Å²) in [7, 11) is 3.46. The Labute approximate surface area is 103 Å². The van der Waals surface area contributed by atoms with Crippen molar-refractivity contribution < 1.29 is 9.59 Å². The Morgan fingerprint density at radius 1 is 1.47 bits per heavy atom. The van der Waals surface area contributed by atoms with Gasteiger partial charge in [-0.3, -0.25) is 9.59 Å². The minimum absolute atomic E-state index is 0.0239. The molecule has 2 amide bonds. The van der Waals surface area contributed by atoms with Crippen molar-refractivity contribution in [2.75, 3.05) is 27.2 Å². The summed E-state index contributed by atoms with van der Waals surface area (Å²) in [5.41, 5.74) is 5.46. The van der Waals surface area contributed by atoms with Crippen LogP contribution in [-0.2, 0) is 9.59 Å². The number of likely N-dealkylation sites (N-methyl/N-ethyl adjacent to an activating group) is 1. The lowest BCUT2D eigenvalue weighted by Crippen LogP contribution is -2.47. The van der Waals surface area contributed by atoms with E-state index >= 15 is 0 Å². The van der Waals surface area contributed by atoms with Crippen LogP contribution in [-0.4, -0.2) is 54.8 Å². The summed E-state index contributed by atoms with van der Waals surface area (Å²) in [5.74, 6) is -0.000453. The van der Waals surface area contributed by atoms with Crippen molar-refractivity contribution in [1.29, 1.82) is 0 Å². The monoisotopic (exact) mass is 241 g/mol. The topological polar surface area (TPSA) is 66.6 Å². The molecule has 0 saturated carbocycles. The van der Waals surface area contributed by atoms with E-state index in [1.54, 1.807) is 23.9 Å². The van der Waals surface area contributed by atoms with Crippen molar-refractivity contribution in [1.82, 2.24) is 9.80 Å². The van der Waals surface area contributed by atoms with Crippen LogP contribution in [0.3, 0.4) is 0 Å². The molecule has 1 heterocycles. The third-order valence-electron chi connectivity index (χ3n) is 3.28. The van der Waals surface area contributed by atoms with Crippen molar-refractivity contribution in [3.05, 3.63) is 0 Å². The first kappa shape index (κ1) is 14.0. The fraction of sp³-hybridized carbons (Fsp3) is 0.833. The van der Waals surface area contributed by atoms with E-state index in [2.05, 4.69) is 0 Å². The maximum Gasteiger partial charge on any atom is 0.244 e. The predicted molar refractivity (Wildman–Crippen MR) is 66.3 cm³/mol. The number of nitrogens with two attached hydrogens (primary N) is 1. The minimum atomic E-state index is -0.266. The maximum absolute atomic E-state index is 12.2. The van der Waals surface area contributed by atoms with Crippen molar-refractivity contribution >= 4 is 11.8 Å². The van der Waals surface area contributed by atoms with Crippen LogP contribution in [0.5, 0.6) is 0 Å². The number of rotatable bonds is 4. The van der Waals surface area contributed by atoms with Gasteiger partial charge in [-0.15, -0.1) is 0 Å². The van der Waals surface area contributed by atoms with Crippen LogP contribution in [0.25, 0.3) is 0 Å². The summed E-state index contributed by atoms with van der Waals surface area (Å²) < 4.78 is 0. The third-order valence-corrected chi connectivity index (χ3v) is 3.28. The van der Waals surface area contributed by atoms with Crippen LogP contribution in [0.4, 0.5) is 0 Å². The zero-order chi connectivity index (χ0) is 13.0. The lowest BCUT2D eigenvalue weighted by molar-refractivity contribution is -0.144. The summed E-state index contributed by atoms with van der Waals surface area (Å²) in [6.07, 6.45) is 2.36. The number of nitrogens with zero attached hydrogens (tertiary/aromatic N) is 2. The first-order chi connectivity index (χ1) is 7.99. The normalized spacial score (nSPS) is 21.4. The van der Waals surface area contributed by atoms with Crippen LogP contribution >= 0.6 is 0 Å². The number of likely N-dealkylation sites (tertiary alicyclic amines) is 1. The number of hydrogen-bond acceptors (Lipinski definition) is 3. The van der Waals surface area contributed by atoms with Crippen molar-refractivity contribution in [3.8, 4) is 0 Å². The van der Waals surface area contributed by atoms with Crippen molar-refractivity contribution in [2.45, 2.75) is 32.2 Å². The summed E-state index contributed by atoms with van der Waals surface area (Å²) in [5, 5.41) is 0. The second kappa shape index (κ2) is 6.00. The Balaban J connectivity index is 2.69. The van der Waals surface area contributed by atoms with Crippen LogP contribution in [0.2, 0.25) is 0 Å². The van der Waals surface area contributed by atoms with Crippen LogP contribution in [0.15, 0.2) is 0 Å². The van der Waals surface area contributed by atoms with E-state index in [1.807, 2.05) is 6.92 Å². The lowest BCUT2D eigenvalue weighted by atomic mass is 10.1. The standard InChI is InChI=1S/C12H23N3O2/c1-9(6-7-13)11(16)15-8-4-5-10(15)12(17)14(2)3/h9-10H,4-8,13H2,1-3H3. The van der Waals surface area contributed by atoms with Gasteiger partial charge in [0.2, 0.25) is 11.8 Å². The van der Waals surface area contributed by atoms with Gasteiger partial charge in [0.1, 0.15) is 6.04 Å². The highest BCUT2D eigenvalue weighted by Crippen LogP contribution is 2.21. The van der Waals surface area contributed by atoms with Crippen molar-refractivity contribution in [2.24, 2.45) is 11.7 Å². The number of amides is 2. The van der Waals surface area contributed by atoms with Crippen LogP contribution < -0.4 is 5.73 Å². The first-order valence-corrected chi connectivity index (χ1v) is 6.20. The molecule has 1 aliphatic rings. The molecule has 5 heteroatoms. The van der Waals surface area contributed by atoms with Gasteiger partial charge in [-0.05, 0) is 25.8 Å². The largest absolute Gasteiger partial charge is 0.347 e. The highest BCUT2D eigenvalue weighted by atomic mass is 16.2. The number of carbonyl (C=O) groups is 2. The zero-order valence-corrected chi connectivity index (χ0v) is 11.0. The molecule has 1 fully saturated rings. The van der Waals surface area contributed by atoms with Crippen molar-refractivity contribution in [3.63, 3.8) is 0 Å². The Morgan fingerprint density at radius 2 is 2.12 bits per heavy atom. The summed E-state index contributed by atoms with van der Waals surface area (Å²) in [4.78, 5) is 27.4. The van der Waals surface area contributed by atoms with E-state index in [-0.39, 0.29) is 23.8 Å². The molecule has 1 rings (SSSR count). The minimum Gasteiger partial charge on any atom is -0.347 e. The molecule has 0 aromatic heterocycles. The van der Waals surface area contributed by atoms with E-state index in [0.717, 1.165) is 12.8 Å². The van der Waals surface area contributed by atoms with Gasteiger partial charge >= 0.3 is 0 Å². The lowest BCUT2D eigenvalue weighted by Gasteiger charge is -2.28. The van der Waals surface area contributed by atoms with E-state index in [1.165, 1.54) is 0 Å². The molecule has 17 heavy (non-hydrogen) atoms. The molecule has 98 valence electrons. The second-order valence-corrected chi connectivity index (χ2v) is 4.90. The van der Waals surface area contributed by atoms with E-state index in [4.69, 9.17) is 5.73 Å². The van der Waals surface area contributed by atoms with Crippen LogP contribution in [0.1, 0.15) is 26.2 Å². The van der Waals surface area contributed by atoms with E-state index in [9.17, 15) is 9.59 Å². The quantitative estimate of drug-likeness (QED) is 0.756. The van der Waals surface area contributed by atoms with Gasteiger partial charge in [0.25, 0.3) is 0 Å². The highest BCUT2D eigenvalue weighted by Gasteiger charge is 2.36. The summed E-state index contributed by atoms with van der Waals surface area (Å²) in [6, 6.07) is -0.266. The molecule has 0 aliphatic carbocycles. The molecule has 0 bridgehead atoms. The second-order valence-electron chi connectivity index (χ2n) is 4.90. The summed E-state index contributed by atoms with van der Waals surface area (Å²) in [6.45, 7) is 3.08. The zero-order valence-electron chi connectivity index (χ0n) is 11.0. The van der Waals surface area contributed by atoms with Gasteiger partial charge in [0.15, 0.2) is 0 Å². The molecule has 2 atom stereocenters. The fourth-order valence-electron chi connectivity index (χ4n) is 2.24. The molecular weight excluding hydrogens is 218 g/mol. The van der Waals surface area contributed by atoms with Gasteiger partial charge in [-0.1, -0.05) is 6.92 Å². The molecular formula is C12H23N3O2. The van der Waals surface area contributed by atoms with Gasteiger partial charge in [0.05, 0.1) is 0 Å². The smallest absolute Gasteiger partial charge is 0.244 e.